The van der Waals surface area contributed by atoms with Crippen LogP contribution in [0.2, 0.25) is 5.02 Å². The molecule has 0 bridgehead atoms. The molecule has 0 aliphatic rings. The first kappa shape index (κ1) is 29.0. The summed E-state index contributed by atoms with van der Waals surface area (Å²) in [6, 6.07) is 25.5. The molecule has 0 saturated heterocycles. The monoisotopic (exact) mass is 578 g/mol. The highest BCUT2D eigenvalue weighted by Crippen LogP contribution is 2.32. The normalized spacial score (nSPS) is 11.9. The lowest BCUT2D eigenvalue weighted by molar-refractivity contribution is 0.0939. The molecule has 0 unspecified atom stereocenters. The molecule has 208 valence electrons. The van der Waals surface area contributed by atoms with E-state index in [1.165, 1.54) is 4.31 Å². The van der Waals surface area contributed by atoms with Crippen LogP contribution in [0, 0.1) is 6.92 Å². The number of sulfonamides is 1. The molecule has 0 aliphatic carbocycles. The molecule has 4 aromatic carbocycles. The van der Waals surface area contributed by atoms with Crippen LogP contribution in [0.4, 0.5) is 5.69 Å². The van der Waals surface area contributed by atoms with Crippen LogP contribution >= 0.6 is 11.6 Å². The Morgan fingerprint density at radius 1 is 0.900 bits per heavy atom. The first-order valence-corrected chi connectivity index (χ1v) is 14.4. The highest BCUT2D eigenvalue weighted by atomic mass is 35.5. The van der Waals surface area contributed by atoms with Crippen LogP contribution in [0.5, 0.6) is 11.5 Å². The summed E-state index contributed by atoms with van der Waals surface area (Å²) in [4.78, 5) is 13.2. The highest BCUT2D eigenvalue weighted by molar-refractivity contribution is 7.92. The Bertz CT molecular complexity index is 1590. The summed E-state index contributed by atoms with van der Waals surface area (Å²) in [5.74, 6) is 0.931. The highest BCUT2D eigenvalue weighted by Gasteiger charge is 2.26. The van der Waals surface area contributed by atoms with E-state index in [2.05, 4.69) is 5.32 Å². The first-order chi connectivity index (χ1) is 19.1. The molecule has 0 aliphatic heterocycles. The van der Waals surface area contributed by atoms with Gasteiger partial charge in [-0.1, -0.05) is 54.1 Å². The SMILES string of the molecule is COc1ccc([C@H](C)NC(=O)c2ccc(CN(c3cc(Cl)ccc3C)S(=O)(=O)c3ccccc3)cc2)cc1OC. The van der Waals surface area contributed by atoms with Crippen LogP contribution in [-0.4, -0.2) is 28.5 Å². The van der Waals surface area contributed by atoms with Crippen molar-refractivity contribution in [3.8, 4) is 11.5 Å². The smallest absolute Gasteiger partial charge is 0.264 e. The van der Waals surface area contributed by atoms with E-state index in [-0.39, 0.29) is 23.4 Å². The minimum absolute atomic E-state index is 0.0579. The molecular formula is C31H31ClN2O5S. The number of methoxy groups -OCH3 is 2. The fourth-order valence-corrected chi connectivity index (χ4v) is 5.98. The molecule has 1 atom stereocenters. The van der Waals surface area contributed by atoms with E-state index in [9.17, 15) is 13.2 Å². The van der Waals surface area contributed by atoms with Crippen molar-refractivity contribution in [2.45, 2.75) is 31.3 Å². The Morgan fingerprint density at radius 2 is 1.57 bits per heavy atom. The number of benzene rings is 4. The maximum absolute atomic E-state index is 13.7. The summed E-state index contributed by atoms with van der Waals surface area (Å²) in [6.07, 6.45) is 0. The third-order valence-electron chi connectivity index (χ3n) is 6.57. The maximum atomic E-state index is 13.7. The summed E-state index contributed by atoms with van der Waals surface area (Å²) in [7, 11) is -0.769. The Morgan fingerprint density at radius 3 is 2.23 bits per heavy atom. The molecule has 4 rings (SSSR count). The average molecular weight is 579 g/mol. The minimum Gasteiger partial charge on any atom is -0.493 e. The van der Waals surface area contributed by atoms with Gasteiger partial charge >= 0.3 is 0 Å². The van der Waals surface area contributed by atoms with Gasteiger partial charge in [0.15, 0.2) is 11.5 Å². The maximum Gasteiger partial charge on any atom is 0.264 e. The van der Waals surface area contributed by atoms with Gasteiger partial charge < -0.3 is 14.8 Å². The Labute approximate surface area is 240 Å². The van der Waals surface area contributed by atoms with Gasteiger partial charge in [-0.15, -0.1) is 0 Å². The van der Waals surface area contributed by atoms with Crippen molar-refractivity contribution >= 4 is 33.2 Å². The lowest BCUT2D eigenvalue weighted by atomic mass is 10.1. The second-order valence-corrected chi connectivity index (χ2v) is 11.6. The van der Waals surface area contributed by atoms with Crippen LogP contribution < -0.4 is 19.1 Å². The number of carbonyl (C=O) groups is 1. The number of carbonyl (C=O) groups excluding carboxylic acids is 1. The Balaban J connectivity index is 1.56. The fourth-order valence-electron chi connectivity index (χ4n) is 4.28. The average Bonchev–Trinajstić information content (AvgIpc) is 2.97. The molecule has 1 amide bonds. The summed E-state index contributed by atoms with van der Waals surface area (Å²) in [5, 5.41) is 3.43. The predicted octanol–water partition coefficient (Wildman–Crippen LogP) is 6.55. The number of ether oxygens (including phenoxy) is 2. The number of hydrogen-bond acceptors (Lipinski definition) is 5. The lowest BCUT2D eigenvalue weighted by Gasteiger charge is -2.26. The summed E-state index contributed by atoms with van der Waals surface area (Å²) in [5.41, 5.74) is 3.28. The van der Waals surface area contributed by atoms with Crippen LogP contribution in [0.3, 0.4) is 0 Å². The summed E-state index contributed by atoms with van der Waals surface area (Å²) >= 11 is 6.25. The first-order valence-electron chi connectivity index (χ1n) is 12.6. The third kappa shape index (κ3) is 6.41. The van der Waals surface area contributed by atoms with Crippen LogP contribution in [0.1, 0.15) is 40.0 Å². The Kier molecular flexibility index (Phi) is 9.02. The zero-order valence-corrected chi connectivity index (χ0v) is 24.3. The van der Waals surface area contributed by atoms with E-state index >= 15 is 0 Å². The van der Waals surface area contributed by atoms with E-state index < -0.39 is 10.0 Å². The van der Waals surface area contributed by atoms with Gasteiger partial charge in [-0.3, -0.25) is 9.10 Å². The molecule has 1 N–H and O–H groups in total. The molecule has 0 radical (unpaired) electrons. The number of anilines is 1. The van der Waals surface area contributed by atoms with Crippen molar-refractivity contribution in [3.05, 3.63) is 118 Å². The second kappa shape index (κ2) is 12.4. The van der Waals surface area contributed by atoms with Gasteiger partial charge in [-0.05, 0) is 79.1 Å². The van der Waals surface area contributed by atoms with Crippen molar-refractivity contribution in [2.24, 2.45) is 0 Å². The van der Waals surface area contributed by atoms with Gasteiger partial charge in [0, 0.05) is 10.6 Å². The second-order valence-electron chi connectivity index (χ2n) is 9.26. The lowest BCUT2D eigenvalue weighted by Crippen LogP contribution is -2.31. The van der Waals surface area contributed by atoms with E-state index in [0.29, 0.717) is 33.3 Å². The number of nitrogens with zero attached hydrogens (tertiary/aromatic N) is 1. The molecule has 0 aromatic heterocycles. The van der Waals surface area contributed by atoms with Gasteiger partial charge in [-0.25, -0.2) is 8.42 Å². The number of hydrogen-bond donors (Lipinski definition) is 1. The van der Waals surface area contributed by atoms with Crippen LogP contribution in [0.25, 0.3) is 0 Å². The molecule has 7 nitrogen and oxygen atoms in total. The van der Waals surface area contributed by atoms with E-state index in [1.54, 1.807) is 93.1 Å². The molecule has 0 fully saturated rings. The number of aryl methyl sites for hydroxylation is 1. The molecule has 4 aromatic rings. The van der Waals surface area contributed by atoms with Crippen molar-refractivity contribution in [1.82, 2.24) is 5.32 Å². The third-order valence-corrected chi connectivity index (χ3v) is 8.58. The number of nitrogens with one attached hydrogen (secondary N) is 1. The molecule has 9 heteroatoms. The zero-order valence-electron chi connectivity index (χ0n) is 22.7. The molecular weight excluding hydrogens is 548 g/mol. The summed E-state index contributed by atoms with van der Waals surface area (Å²) < 4.78 is 39.4. The molecule has 0 saturated carbocycles. The van der Waals surface area contributed by atoms with Crippen LogP contribution in [0.15, 0.2) is 95.9 Å². The summed E-state index contributed by atoms with van der Waals surface area (Å²) in [6.45, 7) is 3.78. The quantitative estimate of drug-likeness (QED) is 0.231. The number of rotatable bonds is 10. The van der Waals surface area contributed by atoms with Gasteiger partial charge in [0.05, 0.1) is 37.4 Å². The van der Waals surface area contributed by atoms with Gasteiger partial charge in [0.25, 0.3) is 15.9 Å². The molecule has 40 heavy (non-hydrogen) atoms. The Hall–Kier alpha value is -4.01. The van der Waals surface area contributed by atoms with Crippen molar-refractivity contribution in [3.63, 3.8) is 0 Å². The van der Waals surface area contributed by atoms with Crippen molar-refractivity contribution < 1.29 is 22.7 Å². The minimum atomic E-state index is -3.90. The topological polar surface area (TPSA) is 84.9 Å². The predicted molar refractivity (Wildman–Crippen MR) is 158 cm³/mol. The standard InChI is InChI=1S/C31H31ClN2O5S/c1-21-10-16-26(32)19-28(21)34(40(36,37)27-8-6-5-7-9-27)20-23-11-13-24(14-12-23)31(35)33-22(2)25-15-17-29(38-3)30(18-25)39-4/h5-19,22H,20H2,1-4H3,(H,33,35)/t22-/m0/s1. The number of halogens is 1. The van der Waals surface area contributed by atoms with Gasteiger partial charge in [0.2, 0.25) is 0 Å². The van der Waals surface area contributed by atoms with E-state index in [4.69, 9.17) is 21.1 Å². The van der Waals surface area contributed by atoms with Gasteiger partial charge in [-0.2, -0.15) is 0 Å². The van der Waals surface area contributed by atoms with Crippen molar-refractivity contribution in [2.75, 3.05) is 18.5 Å². The number of amides is 1. The van der Waals surface area contributed by atoms with Crippen molar-refractivity contribution in [1.29, 1.82) is 0 Å². The molecule has 0 spiro atoms. The largest absolute Gasteiger partial charge is 0.493 e. The van der Waals surface area contributed by atoms with E-state index in [1.807, 2.05) is 26.0 Å². The fraction of sp³-hybridized carbons (Fsp3) is 0.194. The van der Waals surface area contributed by atoms with Gasteiger partial charge in [0.1, 0.15) is 0 Å². The van der Waals surface area contributed by atoms with E-state index in [0.717, 1.165) is 11.1 Å². The van der Waals surface area contributed by atoms with Crippen LogP contribution in [-0.2, 0) is 16.6 Å². The zero-order chi connectivity index (χ0) is 28.9. The molecule has 0 heterocycles.